The second kappa shape index (κ2) is 8.35. The molecule has 0 N–H and O–H groups in total. The highest BCUT2D eigenvalue weighted by molar-refractivity contribution is 6.30. The van der Waals surface area contributed by atoms with E-state index in [4.69, 9.17) is 16.3 Å². The zero-order valence-electron chi connectivity index (χ0n) is 16.1. The number of ether oxygens (including phenoxy) is 1. The number of carbonyl (C=O) groups is 1. The number of imidazole rings is 1. The number of carbonyl (C=O) groups excluding carboxylic acids is 1. The second-order valence-corrected chi connectivity index (χ2v) is 7.58. The highest BCUT2D eigenvalue weighted by Crippen LogP contribution is 2.31. The summed E-state index contributed by atoms with van der Waals surface area (Å²) < 4.78 is 21.7. The van der Waals surface area contributed by atoms with Gasteiger partial charge in [0.25, 0.3) is 0 Å². The van der Waals surface area contributed by atoms with Crippen molar-refractivity contribution in [3.8, 4) is 22.8 Å². The minimum Gasteiger partial charge on any atom is -0.456 e. The molecule has 0 radical (unpaired) electrons. The molecule has 1 saturated heterocycles. The van der Waals surface area contributed by atoms with Gasteiger partial charge in [0.2, 0.25) is 0 Å². The predicted molar refractivity (Wildman–Crippen MR) is 110 cm³/mol. The predicted octanol–water partition coefficient (Wildman–Crippen LogP) is 5.08. The van der Waals surface area contributed by atoms with E-state index in [-0.39, 0.29) is 16.3 Å². The fourth-order valence-corrected chi connectivity index (χ4v) is 3.78. The van der Waals surface area contributed by atoms with Crippen molar-refractivity contribution < 1.29 is 13.9 Å². The maximum absolute atomic E-state index is 13.9. The first kappa shape index (κ1) is 19.6. The van der Waals surface area contributed by atoms with Gasteiger partial charge in [-0.05, 0) is 56.3 Å². The van der Waals surface area contributed by atoms with Gasteiger partial charge in [0.15, 0.2) is 6.29 Å². The zero-order valence-corrected chi connectivity index (χ0v) is 16.8. The van der Waals surface area contributed by atoms with Gasteiger partial charge in [-0.3, -0.25) is 9.69 Å². The van der Waals surface area contributed by atoms with Crippen LogP contribution in [0.25, 0.3) is 11.3 Å². The number of hydrogen-bond acceptors (Lipinski definition) is 4. The average molecular weight is 414 g/mol. The van der Waals surface area contributed by atoms with Gasteiger partial charge in [-0.25, -0.2) is 9.37 Å². The molecule has 0 atom stereocenters. The van der Waals surface area contributed by atoms with E-state index in [9.17, 15) is 9.18 Å². The van der Waals surface area contributed by atoms with Crippen LogP contribution in [0, 0.1) is 5.82 Å². The summed E-state index contributed by atoms with van der Waals surface area (Å²) in [6.45, 7) is 3.11. The smallest absolute Gasteiger partial charge is 0.156 e. The first-order chi connectivity index (χ1) is 14.0. The van der Waals surface area contributed by atoms with Crippen LogP contribution in [0.3, 0.4) is 0 Å². The molecule has 0 bridgehead atoms. The van der Waals surface area contributed by atoms with E-state index < -0.39 is 5.82 Å². The van der Waals surface area contributed by atoms with E-state index in [2.05, 4.69) is 14.5 Å². The highest BCUT2D eigenvalue weighted by atomic mass is 35.5. The molecule has 0 unspecified atom stereocenters. The van der Waals surface area contributed by atoms with Gasteiger partial charge in [-0.1, -0.05) is 11.6 Å². The third kappa shape index (κ3) is 4.18. The van der Waals surface area contributed by atoms with Crippen molar-refractivity contribution in [2.75, 3.05) is 13.1 Å². The average Bonchev–Trinajstić information content (AvgIpc) is 3.33. The summed E-state index contributed by atoms with van der Waals surface area (Å²) in [4.78, 5) is 18.2. The van der Waals surface area contributed by atoms with Gasteiger partial charge in [0.05, 0.1) is 24.0 Å². The summed E-state index contributed by atoms with van der Waals surface area (Å²) in [5, 5.41) is 0.167. The van der Waals surface area contributed by atoms with Crippen LogP contribution in [-0.2, 0) is 13.6 Å². The van der Waals surface area contributed by atoms with E-state index in [1.165, 1.54) is 18.9 Å². The molecule has 0 aliphatic carbocycles. The largest absolute Gasteiger partial charge is 0.456 e. The lowest BCUT2D eigenvalue weighted by molar-refractivity contribution is 0.111. The Morgan fingerprint density at radius 1 is 1.21 bits per heavy atom. The Morgan fingerprint density at radius 2 is 1.93 bits per heavy atom. The number of rotatable bonds is 6. The summed E-state index contributed by atoms with van der Waals surface area (Å²) in [5.74, 6) is 0.899. The van der Waals surface area contributed by atoms with Crippen LogP contribution >= 0.6 is 11.6 Å². The fourth-order valence-electron chi connectivity index (χ4n) is 3.58. The number of benzene rings is 2. The normalized spacial score (nSPS) is 14.3. The molecule has 1 fully saturated rings. The van der Waals surface area contributed by atoms with E-state index >= 15 is 0 Å². The van der Waals surface area contributed by atoms with E-state index in [0.717, 1.165) is 42.8 Å². The summed E-state index contributed by atoms with van der Waals surface area (Å²) in [7, 11) is 2.02. The number of aromatic nitrogens is 2. The molecular formula is C22H21ClFN3O2. The first-order valence-electron chi connectivity index (χ1n) is 9.50. The Bertz CT molecular complexity index is 1030. The molecule has 4 rings (SSSR count). The topological polar surface area (TPSA) is 47.4 Å². The monoisotopic (exact) mass is 413 g/mol. The lowest BCUT2D eigenvalue weighted by Crippen LogP contribution is -2.20. The SMILES string of the molecule is Cn1c(-c2ccc(Oc3cc(Cl)cc(F)c3C=O)cc2)cnc1CN1CCCC1. The minimum atomic E-state index is -0.709. The molecular weight excluding hydrogens is 393 g/mol. The maximum atomic E-state index is 13.9. The molecule has 3 aromatic rings. The maximum Gasteiger partial charge on any atom is 0.156 e. The van der Waals surface area contributed by atoms with Crippen molar-refractivity contribution in [2.45, 2.75) is 19.4 Å². The van der Waals surface area contributed by atoms with Crippen LogP contribution in [-0.4, -0.2) is 33.8 Å². The van der Waals surface area contributed by atoms with Crippen molar-refractivity contribution in [1.29, 1.82) is 0 Å². The molecule has 1 aliphatic rings. The molecule has 2 heterocycles. The number of likely N-dealkylation sites (tertiary alicyclic amines) is 1. The van der Waals surface area contributed by atoms with Crippen LogP contribution in [0.15, 0.2) is 42.6 Å². The van der Waals surface area contributed by atoms with E-state index in [1.807, 2.05) is 25.4 Å². The van der Waals surface area contributed by atoms with Crippen LogP contribution in [0.5, 0.6) is 11.5 Å². The highest BCUT2D eigenvalue weighted by Gasteiger charge is 2.16. The number of halogens is 2. The molecule has 0 amide bonds. The van der Waals surface area contributed by atoms with Gasteiger partial charge < -0.3 is 9.30 Å². The zero-order chi connectivity index (χ0) is 20.4. The fraction of sp³-hybridized carbons (Fsp3) is 0.273. The quantitative estimate of drug-likeness (QED) is 0.529. The standard InChI is InChI=1S/C22H21ClFN3O2/c1-26-20(12-25-22(26)13-27-8-2-3-9-27)15-4-6-17(7-5-15)29-21-11-16(23)10-19(24)18(21)14-28/h4-7,10-12,14H,2-3,8-9,13H2,1H3. The molecule has 5 nitrogen and oxygen atoms in total. The molecule has 0 spiro atoms. The van der Waals surface area contributed by atoms with Gasteiger partial charge >= 0.3 is 0 Å². The van der Waals surface area contributed by atoms with Crippen LogP contribution < -0.4 is 4.74 Å². The third-order valence-electron chi connectivity index (χ3n) is 5.20. The molecule has 0 saturated carbocycles. The summed E-state index contributed by atoms with van der Waals surface area (Å²) >= 11 is 5.88. The number of aldehydes is 1. The summed E-state index contributed by atoms with van der Waals surface area (Å²) in [6, 6.07) is 9.88. The van der Waals surface area contributed by atoms with Crippen LogP contribution in [0.1, 0.15) is 29.0 Å². The summed E-state index contributed by atoms with van der Waals surface area (Å²) in [5.41, 5.74) is 1.85. The minimum absolute atomic E-state index is 0.0891. The van der Waals surface area contributed by atoms with Gasteiger partial charge in [-0.15, -0.1) is 0 Å². The Hall–Kier alpha value is -2.70. The lowest BCUT2D eigenvalue weighted by Gasteiger charge is -2.14. The van der Waals surface area contributed by atoms with Gasteiger partial charge in [0, 0.05) is 23.7 Å². The van der Waals surface area contributed by atoms with Crippen molar-refractivity contribution in [3.05, 3.63) is 64.8 Å². The van der Waals surface area contributed by atoms with Crippen LogP contribution in [0.2, 0.25) is 5.02 Å². The van der Waals surface area contributed by atoms with E-state index in [1.54, 1.807) is 12.1 Å². The van der Waals surface area contributed by atoms with Crippen molar-refractivity contribution in [1.82, 2.24) is 14.5 Å². The molecule has 1 aliphatic heterocycles. The van der Waals surface area contributed by atoms with Gasteiger partial charge in [-0.2, -0.15) is 0 Å². The van der Waals surface area contributed by atoms with Gasteiger partial charge in [0.1, 0.15) is 23.1 Å². The Morgan fingerprint density at radius 3 is 2.62 bits per heavy atom. The Kier molecular flexibility index (Phi) is 5.65. The Balaban J connectivity index is 1.53. The van der Waals surface area contributed by atoms with E-state index in [0.29, 0.717) is 12.0 Å². The number of hydrogen-bond donors (Lipinski definition) is 0. The van der Waals surface area contributed by atoms with Crippen molar-refractivity contribution in [2.24, 2.45) is 7.05 Å². The summed E-state index contributed by atoms with van der Waals surface area (Å²) in [6.07, 6.45) is 4.80. The molecule has 1 aromatic heterocycles. The Labute approximate surface area is 173 Å². The molecule has 29 heavy (non-hydrogen) atoms. The van der Waals surface area contributed by atoms with Crippen molar-refractivity contribution in [3.63, 3.8) is 0 Å². The molecule has 2 aromatic carbocycles. The van der Waals surface area contributed by atoms with Crippen LogP contribution in [0.4, 0.5) is 4.39 Å². The second-order valence-electron chi connectivity index (χ2n) is 7.15. The number of nitrogens with zero attached hydrogens (tertiary/aromatic N) is 3. The van der Waals surface area contributed by atoms with Crippen molar-refractivity contribution >= 4 is 17.9 Å². The molecule has 7 heteroatoms. The third-order valence-corrected chi connectivity index (χ3v) is 5.42. The lowest BCUT2D eigenvalue weighted by atomic mass is 10.1. The first-order valence-corrected chi connectivity index (χ1v) is 9.88. The molecule has 150 valence electrons.